The monoisotopic (exact) mass is 382 g/mol. The second-order valence-electron chi connectivity index (χ2n) is 5.51. The Bertz CT molecular complexity index is 1030. The number of benzene rings is 2. The number of rotatable bonds is 5. The molecule has 132 valence electrons. The Labute approximate surface area is 144 Å². The Morgan fingerprint density at radius 3 is 2.48 bits per heavy atom. The van der Waals surface area contributed by atoms with Crippen LogP contribution in [0.5, 0.6) is 5.75 Å². The van der Waals surface area contributed by atoms with Crippen LogP contribution < -0.4 is 4.74 Å². The third-order valence-electron chi connectivity index (χ3n) is 3.84. The van der Waals surface area contributed by atoms with Crippen LogP contribution in [0.1, 0.15) is 10.8 Å². The fourth-order valence-corrected chi connectivity index (χ4v) is 7.02. The summed E-state index contributed by atoms with van der Waals surface area (Å²) in [6.45, 7) is -0.609. The Balaban J connectivity index is 2.08. The second-order valence-corrected chi connectivity index (χ2v) is 9.64. The minimum atomic E-state index is -3.92. The Kier molecular flexibility index (Phi) is 4.29. The van der Waals surface area contributed by atoms with Crippen molar-refractivity contribution in [1.82, 2.24) is 0 Å². The number of sulfone groups is 2. The highest BCUT2D eigenvalue weighted by Crippen LogP contribution is 2.42. The van der Waals surface area contributed by atoms with Crippen molar-refractivity contribution in [2.45, 2.75) is 15.0 Å². The molecule has 0 saturated carbocycles. The summed E-state index contributed by atoms with van der Waals surface area (Å²) in [5, 5.41) is 7.40. The van der Waals surface area contributed by atoms with Crippen LogP contribution in [-0.4, -0.2) is 40.3 Å². The molecule has 1 aliphatic rings. The number of carboxylic acids is 1. The second kappa shape index (κ2) is 6.16. The van der Waals surface area contributed by atoms with Crippen molar-refractivity contribution < 1.29 is 31.5 Å². The lowest BCUT2D eigenvalue weighted by Crippen LogP contribution is -2.16. The maximum absolute atomic E-state index is 12.9. The van der Waals surface area contributed by atoms with Gasteiger partial charge in [0.05, 0.1) is 15.5 Å². The molecule has 0 bridgehead atoms. The minimum absolute atomic E-state index is 0.0277. The Hall–Kier alpha value is -2.39. The van der Waals surface area contributed by atoms with Crippen molar-refractivity contribution in [3.8, 4) is 5.75 Å². The third-order valence-corrected chi connectivity index (χ3v) is 7.97. The molecular formula is C16H14O7S2. The molecule has 1 aliphatic heterocycles. The van der Waals surface area contributed by atoms with Crippen molar-refractivity contribution in [3.63, 3.8) is 0 Å². The van der Waals surface area contributed by atoms with Gasteiger partial charge in [-0.2, -0.15) is 0 Å². The molecule has 7 nitrogen and oxygen atoms in total. The summed E-state index contributed by atoms with van der Waals surface area (Å²) in [4.78, 5) is 10.6. The number of hydrogen-bond acceptors (Lipinski definition) is 6. The van der Waals surface area contributed by atoms with Gasteiger partial charge < -0.3 is 9.84 Å². The first-order valence-electron chi connectivity index (χ1n) is 7.22. The Morgan fingerprint density at radius 2 is 1.84 bits per heavy atom. The van der Waals surface area contributed by atoms with E-state index in [0.717, 1.165) is 0 Å². The molecule has 1 N–H and O–H groups in total. The maximum Gasteiger partial charge on any atom is 0.341 e. The summed E-state index contributed by atoms with van der Waals surface area (Å²) < 4.78 is 55.4. The topological polar surface area (TPSA) is 115 Å². The van der Waals surface area contributed by atoms with Gasteiger partial charge in [0.25, 0.3) is 0 Å². The zero-order valence-electron chi connectivity index (χ0n) is 12.8. The number of carbonyl (C=O) groups is 1. The van der Waals surface area contributed by atoms with Crippen molar-refractivity contribution in [2.24, 2.45) is 0 Å². The van der Waals surface area contributed by atoms with Gasteiger partial charge in [0, 0.05) is 0 Å². The molecule has 0 aliphatic carbocycles. The predicted molar refractivity (Wildman–Crippen MR) is 88.0 cm³/mol. The van der Waals surface area contributed by atoms with Gasteiger partial charge in [0.1, 0.15) is 11.0 Å². The van der Waals surface area contributed by atoms with Crippen molar-refractivity contribution >= 4 is 25.6 Å². The van der Waals surface area contributed by atoms with Gasteiger partial charge in [-0.05, 0) is 35.9 Å². The molecular weight excluding hydrogens is 368 g/mol. The van der Waals surface area contributed by atoms with Crippen LogP contribution in [0.2, 0.25) is 0 Å². The quantitative estimate of drug-likeness (QED) is 0.832. The lowest BCUT2D eigenvalue weighted by atomic mass is 10.1. The highest BCUT2D eigenvalue weighted by atomic mass is 32.2. The molecule has 0 saturated heterocycles. The van der Waals surface area contributed by atoms with E-state index in [4.69, 9.17) is 9.84 Å². The van der Waals surface area contributed by atoms with Crippen LogP contribution in [0.15, 0.2) is 58.3 Å². The number of aliphatic carboxylic acids is 1. The van der Waals surface area contributed by atoms with Crippen LogP contribution in [0.3, 0.4) is 0 Å². The number of ether oxygens (including phenoxy) is 1. The molecule has 1 atom stereocenters. The average Bonchev–Trinajstić information content (AvgIpc) is 2.85. The zero-order chi connectivity index (χ0) is 18.2. The van der Waals surface area contributed by atoms with Gasteiger partial charge in [-0.1, -0.05) is 18.2 Å². The molecule has 0 spiro atoms. The Morgan fingerprint density at radius 1 is 1.16 bits per heavy atom. The van der Waals surface area contributed by atoms with Crippen LogP contribution in [0, 0.1) is 0 Å². The summed E-state index contributed by atoms with van der Waals surface area (Å²) in [6, 6.07) is 11.5. The van der Waals surface area contributed by atoms with Crippen molar-refractivity contribution in [3.05, 3.63) is 54.1 Å². The fraction of sp³-hybridized carbons (Fsp3) is 0.188. The molecule has 9 heteroatoms. The first-order valence-corrected chi connectivity index (χ1v) is 10.4. The smallest absolute Gasteiger partial charge is 0.341 e. The lowest BCUT2D eigenvalue weighted by Gasteiger charge is -2.13. The molecule has 25 heavy (non-hydrogen) atoms. The molecule has 0 aromatic heterocycles. The van der Waals surface area contributed by atoms with Gasteiger partial charge in [-0.3, -0.25) is 0 Å². The van der Waals surface area contributed by atoms with E-state index in [9.17, 15) is 21.6 Å². The number of carboxylic acid groups (broad SMARTS) is 1. The van der Waals surface area contributed by atoms with Gasteiger partial charge in [0.2, 0.25) is 0 Å². The van der Waals surface area contributed by atoms with E-state index < -0.39 is 43.3 Å². The molecule has 0 fully saturated rings. The fourth-order valence-electron chi connectivity index (χ4n) is 2.71. The highest BCUT2D eigenvalue weighted by molar-refractivity contribution is 7.96. The molecule has 2 aromatic rings. The molecule has 0 amide bonds. The van der Waals surface area contributed by atoms with Crippen LogP contribution >= 0.6 is 0 Å². The SMILES string of the molecule is O=C(O)COc1ccc2c(c1)C(S(=O)(=O)c1ccccc1)CS2(=O)=O. The lowest BCUT2D eigenvalue weighted by molar-refractivity contribution is -0.139. The van der Waals surface area contributed by atoms with Crippen LogP contribution in [0.25, 0.3) is 0 Å². The predicted octanol–water partition coefficient (Wildman–Crippen LogP) is 1.45. The number of hydrogen-bond donors (Lipinski definition) is 1. The number of fused-ring (bicyclic) bond motifs is 1. The van der Waals surface area contributed by atoms with Gasteiger partial charge in [-0.25, -0.2) is 21.6 Å². The summed E-state index contributed by atoms with van der Waals surface area (Å²) in [7, 11) is -7.67. The minimum Gasteiger partial charge on any atom is -0.482 e. The molecule has 1 heterocycles. The third kappa shape index (κ3) is 3.24. The summed E-state index contributed by atoms with van der Waals surface area (Å²) in [5.74, 6) is -1.64. The van der Waals surface area contributed by atoms with E-state index >= 15 is 0 Å². The zero-order valence-corrected chi connectivity index (χ0v) is 14.5. The van der Waals surface area contributed by atoms with E-state index in [2.05, 4.69) is 0 Å². The van der Waals surface area contributed by atoms with Crippen LogP contribution in [-0.2, 0) is 24.5 Å². The molecule has 2 aromatic carbocycles. The van der Waals surface area contributed by atoms with Gasteiger partial charge in [0.15, 0.2) is 26.3 Å². The molecule has 0 radical (unpaired) electrons. The summed E-state index contributed by atoms with van der Waals surface area (Å²) in [5.41, 5.74) is 0.103. The van der Waals surface area contributed by atoms with E-state index in [1.165, 1.54) is 30.3 Å². The largest absolute Gasteiger partial charge is 0.482 e. The molecule has 1 unspecified atom stereocenters. The summed E-state index contributed by atoms with van der Waals surface area (Å²) in [6.07, 6.45) is 0. The highest BCUT2D eigenvalue weighted by Gasteiger charge is 2.43. The van der Waals surface area contributed by atoms with E-state index in [1.54, 1.807) is 18.2 Å². The van der Waals surface area contributed by atoms with E-state index in [1.807, 2.05) is 0 Å². The summed E-state index contributed by atoms with van der Waals surface area (Å²) >= 11 is 0. The molecule has 3 rings (SSSR count). The first kappa shape index (κ1) is 17.4. The van der Waals surface area contributed by atoms with E-state index in [0.29, 0.717) is 0 Å². The standard InChI is InChI=1S/C16H14O7S2/c17-16(18)9-23-11-6-7-14-13(8-11)15(10-24(14,19)20)25(21,22)12-4-2-1-3-5-12/h1-8,15H,9-10H2,(H,17,18). The first-order chi connectivity index (χ1) is 11.7. The van der Waals surface area contributed by atoms with Gasteiger partial charge in [-0.15, -0.1) is 0 Å². The van der Waals surface area contributed by atoms with E-state index in [-0.39, 0.29) is 21.1 Å². The maximum atomic E-state index is 12.9. The van der Waals surface area contributed by atoms with Gasteiger partial charge >= 0.3 is 5.97 Å². The van der Waals surface area contributed by atoms with Crippen molar-refractivity contribution in [2.75, 3.05) is 12.4 Å². The van der Waals surface area contributed by atoms with Crippen molar-refractivity contribution in [1.29, 1.82) is 0 Å². The average molecular weight is 382 g/mol. The normalized spacial score (nSPS) is 18.5. The van der Waals surface area contributed by atoms with Crippen LogP contribution in [0.4, 0.5) is 0 Å².